The Hall–Kier alpha value is -1.86. The van der Waals surface area contributed by atoms with Crippen molar-refractivity contribution in [2.45, 2.75) is 32.2 Å². The summed E-state index contributed by atoms with van der Waals surface area (Å²) in [6.07, 6.45) is 5.26. The summed E-state index contributed by atoms with van der Waals surface area (Å²) >= 11 is 0. The van der Waals surface area contributed by atoms with Crippen molar-refractivity contribution in [2.24, 2.45) is 11.7 Å². The first kappa shape index (κ1) is 13.6. The average Bonchev–Trinajstić information content (AvgIpc) is 3.20. The molecule has 0 bridgehead atoms. The molecular formula is C15H19N3O. The van der Waals surface area contributed by atoms with Crippen molar-refractivity contribution in [3.63, 3.8) is 0 Å². The minimum atomic E-state index is -0.119. The lowest BCUT2D eigenvalue weighted by Crippen LogP contribution is -2.33. The maximum Gasteiger partial charge on any atom is 0.270 e. The van der Waals surface area contributed by atoms with Gasteiger partial charge in [0.05, 0.1) is 6.54 Å². The third-order valence-corrected chi connectivity index (χ3v) is 3.09. The lowest BCUT2D eigenvalue weighted by atomic mass is 10.1. The molecule has 0 aromatic carbocycles. The van der Waals surface area contributed by atoms with E-state index >= 15 is 0 Å². The van der Waals surface area contributed by atoms with Crippen molar-refractivity contribution in [3.05, 3.63) is 29.6 Å². The molecule has 2 rings (SSSR count). The fourth-order valence-corrected chi connectivity index (χ4v) is 1.97. The highest BCUT2D eigenvalue weighted by atomic mass is 16.1. The minimum absolute atomic E-state index is 0.119. The summed E-state index contributed by atoms with van der Waals surface area (Å²) in [4.78, 5) is 16.1. The number of carbonyl (C=O) groups is 1. The third-order valence-electron chi connectivity index (χ3n) is 3.09. The van der Waals surface area contributed by atoms with Gasteiger partial charge in [0, 0.05) is 17.8 Å². The molecule has 1 atom stereocenters. The summed E-state index contributed by atoms with van der Waals surface area (Å²) in [5.41, 5.74) is 6.50. The molecule has 0 radical (unpaired) electrons. The average molecular weight is 257 g/mol. The molecule has 1 aliphatic carbocycles. The van der Waals surface area contributed by atoms with Crippen molar-refractivity contribution in [2.75, 3.05) is 6.54 Å². The van der Waals surface area contributed by atoms with Crippen LogP contribution in [-0.2, 0) is 0 Å². The Bertz CT molecular complexity index is 494. The van der Waals surface area contributed by atoms with Gasteiger partial charge >= 0.3 is 0 Å². The van der Waals surface area contributed by atoms with Crippen LogP contribution < -0.4 is 11.1 Å². The zero-order valence-corrected chi connectivity index (χ0v) is 11.1. The molecule has 100 valence electrons. The molecule has 0 spiro atoms. The van der Waals surface area contributed by atoms with Gasteiger partial charge in [-0.05, 0) is 31.4 Å². The monoisotopic (exact) mass is 257 g/mol. The van der Waals surface area contributed by atoms with Gasteiger partial charge in [0.25, 0.3) is 5.91 Å². The second-order valence-electron chi connectivity index (χ2n) is 4.99. The second kappa shape index (κ2) is 6.35. The van der Waals surface area contributed by atoms with Gasteiger partial charge in [0.2, 0.25) is 0 Å². The number of nitrogens with two attached hydrogens (primary N) is 1. The molecule has 19 heavy (non-hydrogen) atoms. The van der Waals surface area contributed by atoms with E-state index in [9.17, 15) is 4.79 Å². The number of carbonyl (C=O) groups excluding carboxylic acids is 1. The first-order valence-electron chi connectivity index (χ1n) is 6.65. The van der Waals surface area contributed by atoms with Crippen LogP contribution in [0.4, 0.5) is 0 Å². The van der Waals surface area contributed by atoms with Crippen LogP contribution in [0.25, 0.3) is 0 Å². The molecule has 4 heteroatoms. The summed E-state index contributed by atoms with van der Waals surface area (Å²) in [7, 11) is 0. The van der Waals surface area contributed by atoms with Crippen molar-refractivity contribution >= 4 is 5.91 Å². The first-order valence-corrected chi connectivity index (χ1v) is 6.65. The lowest BCUT2D eigenvalue weighted by molar-refractivity contribution is 0.0932. The number of hydrogen-bond donors (Lipinski definition) is 2. The largest absolute Gasteiger partial charge is 0.348 e. The minimum Gasteiger partial charge on any atom is -0.348 e. The molecule has 1 unspecified atom stereocenters. The summed E-state index contributed by atoms with van der Waals surface area (Å²) in [6, 6.07) is 3.69. The Morgan fingerprint density at radius 1 is 1.58 bits per heavy atom. The van der Waals surface area contributed by atoms with E-state index in [1.807, 2.05) is 6.92 Å². The maximum atomic E-state index is 12.0. The Kier molecular flexibility index (Phi) is 4.53. The van der Waals surface area contributed by atoms with E-state index in [4.69, 9.17) is 5.73 Å². The highest BCUT2D eigenvalue weighted by Crippen LogP contribution is 2.33. The first-order chi connectivity index (χ1) is 9.19. The number of aromatic nitrogens is 1. The van der Waals surface area contributed by atoms with Crippen molar-refractivity contribution < 1.29 is 4.79 Å². The van der Waals surface area contributed by atoms with Crippen LogP contribution >= 0.6 is 0 Å². The van der Waals surface area contributed by atoms with E-state index in [1.165, 1.54) is 12.8 Å². The van der Waals surface area contributed by atoms with E-state index in [-0.39, 0.29) is 11.9 Å². The van der Waals surface area contributed by atoms with Crippen LogP contribution in [-0.4, -0.2) is 23.5 Å². The zero-order chi connectivity index (χ0) is 13.7. The topological polar surface area (TPSA) is 68.0 Å². The smallest absolute Gasteiger partial charge is 0.270 e. The van der Waals surface area contributed by atoms with Crippen LogP contribution in [0.5, 0.6) is 0 Å². The van der Waals surface area contributed by atoms with Crippen LogP contribution in [0.3, 0.4) is 0 Å². The number of nitrogens with one attached hydrogen (secondary N) is 1. The molecule has 3 N–H and O–H groups in total. The molecule has 1 heterocycles. The third kappa shape index (κ3) is 4.38. The van der Waals surface area contributed by atoms with E-state index in [1.54, 1.807) is 18.3 Å². The fraction of sp³-hybridized carbons (Fsp3) is 0.467. The van der Waals surface area contributed by atoms with Crippen molar-refractivity contribution in [1.82, 2.24) is 10.3 Å². The molecule has 0 aliphatic heterocycles. The van der Waals surface area contributed by atoms with Gasteiger partial charge in [0.1, 0.15) is 5.69 Å². The summed E-state index contributed by atoms with van der Waals surface area (Å²) in [5, 5.41) is 2.97. The van der Waals surface area contributed by atoms with Gasteiger partial charge in [-0.1, -0.05) is 24.7 Å². The molecule has 1 aromatic heterocycles. The molecule has 1 fully saturated rings. The Balaban J connectivity index is 1.90. The van der Waals surface area contributed by atoms with Gasteiger partial charge in [0.15, 0.2) is 0 Å². The lowest BCUT2D eigenvalue weighted by Gasteiger charge is -2.12. The second-order valence-corrected chi connectivity index (χ2v) is 4.99. The van der Waals surface area contributed by atoms with Gasteiger partial charge in [-0.15, -0.1) is 0 Å². The van der Waals surface area contributed by atoms with Gasteiger partial charge in [-0.3, -0.25) is 4.79 Å². The molecule has 1 aliphatic rings. The van der Waals surface area contributed by atoms with E-state index in [0.29, 0.717) is 12.2 Å². The zero-order valence-electron chi connectivity index (χ0n) is 11.1. The maximum absolute atomic E-state index is 12.0. The number of rotatable bonds is 4. The Morgan fingerprint density at radius 3 is 2.95 bits per heavy atom. The molecule has 0 saturated heterocycles. The molecule has 4 nitrogen and oxygen atoms in total. The van der Waals surface area contributed by atoms with E-state index in [2.05, 4.69) is 22.1 Å². The van der Waals surface area contributed by atoms with E-state index < -0.39 is 0 Å². The van der Waals surface area contributed by atoms with Crippen LogP contribution in [0.15, 0.2) is 18.3 Å². The van der Waals surface area contributed by atoms with Gasteiger partial charge < -0.3 is 11.1 Å². The van der Waals surface area contributed by atoms with Crippen LogP contribution in [0.1, 0.15) is 42.2 Å². The molecule has 1 aromatic rings. The van der Waals surface area contributed by atoms with Gasteiger partial charge in [-0.2, -0.15) is 0 Å². The van der Waals surface area contributed by atoms with Gasteiger partial charge in [-0.25, -0.2) is 4.98 Å². The highest BCUT2D eigenvalue weighted by Gasteiger charge is 2.24. The fourth-order valence-electron chi connectivity index (χ4n) is 1.97. The number of amides is 1. The summed E-state index contributed by atoms with van der Waals surface area (Å²) < 4.78 is 0. The Morgan fingerprint density at radius 2 is 2.37 bits per heavy atom. The number of nitrogens with zero attached hydrogens (tertiary/aromatic N) is 1. The molecule has 1 saturated carbocycles. The highest BCUT2D eigenvalue weighted by molar-refractivity contribution is 5.92. The Labute approximate surface area is 113 Å². The quantitative estimate of drug-likeness (QED) is 0.799. The normalized spacial score (nSPS) is 15.3. The summed E-state index contributed by atoms with van der Waals surface area (Å²) in [6.45, 7) is 2.36. The number of pyridine rings is 1. The van der Waals surface area contributed by atoms with Crippen LogP contribution in [0, 0.1) is 17.8 Å². The number of hydrogen-bond acceptors (Lipinski definition) is 3. The van der Waals surface area contributed by atoms with Crippen LogP contribution in [0.2, 0.25) is 0 Å². The SMILES string of the molecule is CC(CC1CC1)NC(=O)c1ccc(C#CCN)cn1. The molecule has 1 amide bonds. The standard InChI is InChI=1S/C15H19N3O/c1-11(9-12-4-5-12)18-15(19)14-7-6-13(10-17-14)3-2-8-16/h6-7,10-12H,4-5,8-9,16H2,1H3,(H,18,19). The van der Waals surface area contributed by atoms with E-state index in [0.717, 1.165) is 17.9 Å². The summed E-state index contributed by atoms with van der Waals surface area (Å²) in [5.74, 6) is 6.31. The predicted molar refractivity (Wildman–Crippen MR) is 74.4 cm³/mol. The predicted octanol–water partition coefficient (Wildman–Crippen LogP) is 1.31. The van der Waals surface area contributed by atoms with Crippen molar-refractivity contribution in [3.8, 4) is 11.8 Å². The van der Waals surface area contributed by atoms with Crippen molar-refractivity contribution in [1.29, 1.82) is 0 Å². The molecular weight excluding hydrogens is 238 g/mol.